The molecule has 0 aliphatic heterocycles. The van der Waals surface area contributed by atoms with E-state index in [1.54, 1.807) is 6.92 Å². The van der Waals surface area contributed by atoms with Crippen LogP contribution in [-0.4, -0.2) is 43.3 Å². The fourth-order valence-electron chi connectivity index (χ4n) is 1.08. The van der Waals surface area contributed by atoms with Crippen LogP contribution in [0.15, 0.2) is 0 Å². The highest BCUT2D eigenvalue weighted by atomic mass is 19.4. The van der Waals surface area contributed by atoms with Crippen molar-refractivity contribution in [2.75, 3.05) is 14.2 Å². The molecule has 0 aliphatic rings. The van der Waals surface area contributed by atoms with E-state index >= 15 is 0 Å². The SMILES string of the molecule is COC(=O)C[C@H](C)N(C)[C@@H](C)C(F)(F)F. The lowest BCUT2D eigenvalue weighted by molar-refractivity contribution is -0.181. The maximum absolute atomic E-state index is 12.3. The van der Waals surface area contributed by atoms with Crippen LogP contribution in [0.3, 0.4) is 0 Å². The van der Waals surface area contributed by atoms with E-state index in [4.69, 9.17) is 0 Å². The van der Waals surface area contributed by atoms with Crippen LogP contribution >= 0.6 is 0 Å². The van der Waals surface area contributed by atoms with Gasteiger partial charge in [-0.3, -0.25) is 9.69 Å². The molecule has 0 radical (unpaired) electrons. The predicted octanol–water partition coefficient (Wildman–Crippen LogP) is 1.82. The van der Waals surface area contributed by atoms with E-state index in [1.165, 1.54) is 14.2 Å². The molecule has 90 valence electrons. The monoisotopic (exact) mass is 227 g/mol. The van der Waals surface area contributed by atoms with Gasteiger partial charge < -0.3 is 4.74 Å². The summed E-state index contributed by atoms with van der Waals surface area (Å²) in [7, 11) is 2.55. The highest BCUT2D eigenvalue weighted by molar-refractivity contribution is 5.69. The molecule has 0 saturated carbocycles. The summed E-state index contributed by atoms with van der Waals surface area (Å²) in [5.74, 6) is -0.510. The largest absolute Gasteiger partial charge is 0.469 e. The molecular weight excluding hydrogens is 211 g/mol. The average molecular weight is 227 g/mol. The Morgan fingerprint density at radius 3 is 2.20 bits per heavy atom. The summed E-state index contributed by atoms with van der Waals surface area (Å²) >= 11 is 0. The Bertz CT molecular complexity index is 218. The molecular formula is C9H16F3NO2. The van der Waals surface area contributed by atoms with Gasteiger partial charge in [-0.05, 0) is 20.9 Å². The van der Waals surface area contributed by atoms with E-state index in [2.05, 4.69) is 4.74 Å². The fourth-order valence-corrected chi connectivity index (χ4v) is 1.08. The van der Waals surface area contributed by atoms with Gasteiger partial charge in [0.1, 0.15) is 6.04 Å². The maximum Gasteiger partial charge on any atom is 0.403 e. The van der Waals surface area contributed by atoms with Crippen molar-refractivity contribution in [3.8, 4) is 0 Å². The molecule has 0 rings (SSSR count). The van der Waals surface area contributed by atoms with Crippen molar-refractivity contribution in [1.29, 1.82) is 0 Å². The number of hydrogen-bond acceptors (Lipinski definition) is 3. The molecule has 15 heavy (non-hydrogen) atoms. The van der Waals surface area contributed by atoms with Gasteiger partial charge in [-0.2, -0.15) is 13.2 Å². The Hall–Kier alpha value is -0.780. The second-order valence-corrected chi connectivity index (χ2v) is 3.51. The number of carbonyl (C=O) groups excluding carboxylic acids is 1. The second kappa shape index (κ2) is 5.34. The van der Waals surface area contributed by atoms with Gasteiger partial charge in [-0.15, -0.1) is 0 Å². The number of hydrogen-bond donors (Lipinski definition) is 0. The summed E-state index contributed by atoms with van der Waals surface area (Å²) in [5.41, 5.74) is 0. The first-order chi connectivity index (χ1) is 6.70. The number of alkyl halides is 3. The molecule has 0 fully saturated rings. The third kappa shape index (κ3) is 4.51. The average Bonchev–Trinajstić information content (AvgIpc) is 2.13. The van der Waals surface area contributed by atoms with Crippen molar-refractivity contribution >= 4 is 5.97 Å². The second-order valence-electron chi connectivity index (χ2n) is 3.51. The highest BCUT2D eigenvalue weighted by Gasteiger charge is 2.40. The van der Waals surface area contributed by atoms with E-state index in [1.807, 2.05) is 0 Å². The van der Waals surface area contributed by atoms with Gasteiger partial charge in [0.05, 0.1) is 13.5 Å². The Morgan fingerprint density at radius 2 is 1.87 bits per heavy atom. The third-order valence-electron chi connectivity index (χ3n) is 2.47. The topological polar surface area (TPSA) is 29.5 Å². The van der Waals surface area contributed by atoms with Crippen LogP contribution < -0.4 is 0 Å². The Labute approximate surface area is 87.2 Å². The molecule has 3 nitrogen and oxygen atoms in total. The van der Waals surface area contributed by atoms with Crippen molar-refractivity contribution in [1.82, 2.24) is 4.90 Å². The first-order valence-electron chi connectivity index (χ1n) is 4.55. The van der Waals surface area contributed by atoms with Crippen molar-refractivity contribution in [2.24, 2.45) is 0 Å². The van der Waals surface area contributed by atoms with Crippen LogP contribution in [-0.2, 0) is 9.53 Å². The standard InChI is InChI=1S/C9H16F3NO2/c1-6(5-8(14)15-4)13(3)7(2)9(10,11)12/h6-7H,5H2,1-4H3/t6-,7-/m0/s1. The molecule has 2 atom stereocenters. The molecule has 0 aliphatic carbocycles. The van der Waals surface area contributed by atoms with Crippen molar-refractivity contribution in [3.63, 3.8) is 0 Å². The first kappa shape index (κ1) is 14.2. The Morgan fingerprint density at radius 1 is 1.40 bits per heavy atom. The van der Waals surface area contributed by atoms with Gasteiger partial charge in [0.2, 0.25) is 0 Å². The van der Waals surface area contributed by atoms with Crippen LogP contribution in [0.25, 0.3) is 0 Å². The smallest absolute Gasteiger partial charge is 0.403 e. The molecule has 0 unspecified atom stereocenters. The van der Waals surface area contributed by atoms with Crippen LogP contribution in [0.4, 0.5) is 13.2 Å². The number of nitrogens with zero attached hydrogens (tertiary/aromatic N) is 1. The lowest BCUT2D eigenvalue weighted by atomic mass is 10.1. The van der Waals surface area contributed by atoms with E-state index in [0.717, 1.165) is 11.8 Å². The predicted molar refractivity (Wildman–Crippen MR) is 49.4 cm³/mol. The minimum atomic E-state index is -4.28. The molecule has 0 bridgehead atoms. The quantitative estimate of drug-likeness (QED) is 0.686. The lowest BCUT2D eigenvalue weighted by Gasteiger charge is -2.31. The molecule has 0 saturated heterocycles. The maximum atomic E-state index is 12.3. The molecule has 0 aromatic rings. The molecule has 0 heterocycles. The molecule has 0 amide bonds. The Kier molecular flexibility index (Phi) is 5.07. The van der Waals surface area contributed by atoms with E-state index in [9.17, 15) is 18.0 Å². The number of rotatable bonds is 4. The van der Waals surface area contributed by atoms with Gasteiger partial charge in [0.15, 0.2) is 0 Å². The normalized spacial score (nSPS) is 16.3. The third-order valence-corrected chi connectivity index (χ3v) is 2.47. The van der Waals surface area contributed by atoms with E-state index in [0.29, 0.717) is 0 Å². The first-order valence-corrected chi connectivity index (χ1v) is 4.55. The zero-order valence-corrected chi connectivity index (χ0v) is 9.26. The van der Waals surface area contributed by atoms with Crippen LogP contribution in [0.2, 0.25) is 0 Å². The van der Waals surface area contributed by atoms with Gasteiger partial charge in [-0.25, -0.2) is 0 Å². The number of esters is 1. The molecule has 0 spiro atoms. The number of carbonyl (C=O) groups is 1. The van der Waals surface area contributed by atoms with Gasteiger partial charge in [0, 0.05) is 6.04 Å². The summed E-state index contributed by atoms with van der Waals surface area (Å²) in [6.07, 6.45) is -4.33. The number of halogens is 3. The molecule has 0 N–H and O–H groups in total. The zero-order valence-electron chi connectivity index (χ0n) is 9.26. The van der Waals surface area contributed by atoms with Crippen LogP contribution in [0.5, 0.6) is 0 Å². The van der Waals surface area contributed by atoms with Crippen molar-refractivity contribution in [3.05, 3.63) is 0 Å². The summed E-state index contributed by atoms with van der Waals surface area (Å²) in [5, 5.41) is 0. The van der Waals surface area contributed by atoms with Gasteiger partial charge >= 0.3 is 12.1 Å². The van der Waals surface area contributed by atoms with Gasteiger partial charge in [0.25, 0.3) is 0 Å². The summed E-state index contributed by atoms with van der Waals surface area (Å²) in [6, 6.07) is -2.08. The van der Waals surface area contributed by atoms with Crippen molar-refractivity contribution in [2.45, 2.75) is 38.5 Å². The molecule has 0 aromatic heterocycles. The van der Waals surface area contributed by atoms with E-state index < -0.39 is 24.2 Å². The summed E-state index contributed by atoms with van der Waals surface area (Å²) < 4.78 is 41.4. The summed E-state index contributed by atoms with van der Waals surface area (Å²) in [4.78, 5) is 12.0. The fraction of sp³-hybridized carbons (Fsp3) is 0.889. The molecule has 6 heteroatoms. The van der Waals surface area contributed by atoms with E-state index in [-0.39, 0.29) is 6.42 Å². The highest BCUT2D eigenvalue weighted by Crippen LogP contribution is 2.25. The van der Waals surface area contributed by atoms with Crippen molar-refractivity contribution < 1.29 is 22.7 Å². The van der Waals surface area contributed by atoms with Gasteiger partial charge in [-0.1, -0.05) is 0 Å². The van der Waals surface area contributed by atoms with Crippen LogP contribution in [0.1, 0.15) is 20.3 Å². The number of methoxy groups -OCH3 is 1. The lowest BCUT2D eigenvalue weighted by Crippen LogP contribution is -2.46. The van der Waals surface area contributed by atoms with Crippen LogP contribution in [0, 0.1) is 0 Å². The summed E-state index contributed by atoms with van der Waals surface area (Å²) in [6.45, 7) is 2.62. The molecule has 0 aromatic carbocycles. The minimum Gasteiger partial charge on any atom is -0.469 e. The zero-order chi connectivity index (χ0) is 12.2. The minimum absolute atomic E-state index is 0.0482. The Balaban J connectivity index is 4.31. The number of ether oxygens (including phenoxy) is 1.